The molecule has 0 radical (unpaired) electrons. The van der Waals surface area contributed by atoms with Crippen molar-refractivity contribution < 1.29 is 17.2 Å². The number of benzene rings is 2. The van der Waals surface area contributed by atoms with Gasteiger partial charge in [0.25, 0.3) is 10.0 Å². The zero-order chi connectivity index (χ0) is 14.9. The van der Waals surface area contributed by atoms with E-state index in [4.69, 9.17) is 0 Å². The first kappa shape index (κ1) is 14.5. The zero-order valence-corrected chi connectivity index (χ0v) is 11.8. The van der Waals surface area contributed by atoms with Gasteiger partial charge in [0.1, 0.15) is 11.6 Å². The Morgan fingerprint density at radius 1 is 1.00 bits per heavy atom. The molecule has 0 aliphatic carbocycles. The first-order chi connectivity index (χ1) is 9.29. The second-order valence-electron chi connectivity index (χ2n) is 4.50. The summed E-state index contributed by atoms with van der Waals surface area (Å²) in [6.45, 7) is 3.20. The van der Waals surface area contributed by atoms with Crippen LogP contribution in [0.1, 0.15) is 11.1 Å². The van der Waals surface area contributed by atoms with E-state index < -0.39 is 21.7 Å². The predicted molar refractivity (Wildman–Crippen MR) is 73.1 cm³/mol. The van der Waals surface area contributed by atoms with Gasteiger partial charge in [0.2, 0.25) is 0 Å². The lowest BCUT2D eigenvalue weighted by atomic mass is 10.2. The lowest BCUT2D eigenvalue weighted by molar-refractivity contribution is 0.596. The van der Waals surface area contributed by atoms with Crippen LogP contribution in [0, 0.1) is 25.5 Å². The Labute approximate surface area is 116 Å². The van der Waals surface area contributed by atoms with Crippen molar-refractivity contribution in [1.29, 1.82) is 0 Å². The third kappa shape index (κ3) is 2.96. The Morgan fingerprint density at radius 3 is 2.35 bits per heavy atom. The number of halogens is 2. The van der Waals surface area contributed by atoms with Gasteiger partial charge in [0.15, 0.2) is 0 Å². The molecule has 0 atom stereocenters. The summed E-state index contributed by atoms with van der Waals surface area (Å²) in [6, 6.07) is 7.43. The van der Waals surface area contributed by atoms with Crippen LogP contribution in [-0.2, 0) is 10.0 Å². The molecule has 2 rings (SSSR count). The molecule has 1 N–H and O–H groups in total. The van der Waals surface area contributed by atoms with Gasteiger partial charge >= 0.3 is 0 Å². The summed E-state index contributed by atoms with van der Waals surface area (Å²) in [6.07, 6.45) is 0. The smallest absolute Gasteiger partial charge is 0.262 e. The second kappa shape index (κ2) is 5.20. The molecule has 0 aliphatic heterocycles. The van der Waals surface area contributed by atoms with Gasteiger partial charge in [-0.25, -0.2) is 17.2 Å². The van der Waals surface area contributed by atoms with Crippen LogP contribution in [0.2, 0.25) is 0 Å². The molecule has 6 heteroatoms. The van der Waals surface area contributed by atoms with E-state index in [9.17, 15) is 17.2 Å². The summed E-state index contributed by atoms with van der Waals surface area (Å²) in [5, 5.41) is 0. The summed E-state index contributed by atoms with van der Waals surface area (Å²) in [5.74, 6) is -1.19. The van der Waals surface area contributed by atoms with Crippen LogP contribution in [-0.4, -0.2) is 8.42 Å². The third-order valence-corrected chi connectivity index (χ3v) is 4.32. The standard InChI is InChI=1S/C14H13F2NO2S/c1-9-3-5-12(16)13(7-9)17-20(18,19)14-6-4-11(15)8-10(14)2/h3-8,17H,1-2H3. The molecular weight excluding hydrogens is 284 g/mol. The van der Waals surface area contributed by atoms with Crippen molar-refractivity contribution in [1.82, 2.24) is 0 Å². The first-order valence-electron chi connectivity index (χ1n) is 5.85. The fourth-order valence-corrected chi connectivity index (χ4v) is 3.12. The van der Waals surface area contributed by atoms with Gasteiger partial charge in [-0.3, -0.25) is 4.72 Å². The summed E-state index contributed by atoms with van der Waals surface area (Å²) >= 11 is 0. The predicted octanol–water partition coefficient (Wildman–Crippen LogP) is 3.38. The lowest BCUT2D eigenvalue weighted by Gasteiger charge is -2.11. The van der Waals surface area contributed by atoms with Gasteiger partial charge in [-0.05, 0) is 55.3 Å². The number of anilines is 1. The topological polar surface area (TPSA) is 46.2 Å². The van der Waals surface area contributed by atoms with Gasteiger partial charge in [-0.2, -0.15) is 0 Å². The number of hydrogen-bond donors (Lipinski definition) is 1. The quantitative estimate of drug-likeness (QED) is 0.944. The highest BCUT2D eigenvalue weighted by Gasteiger charge is 2.19. The van der Waals surface area contributed by atoms with Gasteiger partial charge in [0, 0.05) is 0 Å². The molecule has 106 valence electrons. The second-order valence-corrected chi connectivity index (χ2v) is 6.15. The Balaban J connectivity index is 2.43. The van der Waals surface area contributed by atoms with Crippen LogP contribution < -0.4 is 4.72 Å². The number of aryl methyl sites for hydroxylation is 2. The van der Waals surface area contributed by atoms with Crippen LogP contribution >= 0.6 is 0 Å². The molecule has 0 heterocycles. The third-order valence-electron chi connectivity index (χ3n) is 2.79. The van der Waals surface area contributed by atoms with Crippen LogP contribution in [0.5, 0.6) is 0 Å². The molecule has 2 aromatic carbocycles. The van der Waals surface area contributed by atoms with Crippen LogP contribution in [0.15, 0.2) is 41.3 Å². The maximum absolute atomic E-state index is 13.6. The number of nitrogens with one attached hydrogen (secondary N) is 1. The molecule has 3 nitrogen and oxygen atoms in total. The van der Waals surface area contributed by atoms with Crippen LogP contribution in [0.4, 0.5) is 14.5 Å². The number of rotatable bonds is 3. The fourth-order valence-electron chi connectivity index (χ4n) is 1.83. The molecular formula is C14H13F2NO2S. The van der Waals surface area contributed by atoms with E-state index in [1.54, 1.807) is 6.92 Å². The van der Waals surface area contributed by atoms with E-state index in [-0.39, 0.29) is 16.1 Å². The van der Waals surface area contributed by atoms with Gasteiger partial charge in [-0.15, -0.1) is 0 Å². The SMILES string of the molecule is Cc1ccc(F)c(NS(=O)(=O)c2ccc(F)cc2C)c1. The molecule has 0 bridgehead atoms. The van der Waals surface area contributed by atoms with Crippen molar-refractivity contribution in [3.63, 3.8) is 0 Å². The monoisotopic (exact) mass is 297 g/mol. The van der Waals surface area contributed by atoms with Crippen molar-refractivity contribution in [3.8, 4) is 0 Å². The van der Waals surface area contributed by atoms with Crippen molar-refractivity contribution >= 4 is 15.7 Å². The molecule has 0 aliphatic rings. The number of hydrogen-bond acceptors (Lipinski definition) is 2. The van der Waals surface area contributed by atoms with Gasteiger partial charge in [-0.1, -0.05) is 6.07 Å². The van der Waals surface area contributed by atoms with E-state index in [0.717, 1.165) is 23.8 Å². The lowest BCUT2D eigenvalue weighted by Crippen LogP contribution is -2.15. The van der Waals surface area contributed by atoms with Crippen LogP contribution in [0.3, 0.4) is 0 Å². The van der Waals surface area contributed by atoms with E-state index in [1.807, 2.05) is 0 Å². The summed E-state index contributed by atoms with van der Waals surface area (Å²) in [7, 11) is -3.96. The molecule has 0 aromatic heterocycles. The molecule has 2 aromatic rings. The van der Waals surface area contributed by atoms with Gasteiger partial charge < -0.3 is 0 Å². The highest BCUT2D eigenvalue weighted by atomic mass is 32.2. The molecule has 0 fully saturated rings. The van der Waals surface area contributed by atoms with E-state index >= 15 is 0 Å². The maximum Gasteiger partial charge on any atom is 0.262 e. The average Bonchev–Trinajstić information content (AvgIpc) is 2.33. The van der Waals surface area contributed by atoms with Crippen molar-refractivity contribution in [2.24, 2.45) is 0 Å². The Kier molecular flexibility index (Phi) is 3.76. The van der Waals surface area contributed by atoms with Gasteiger partial charge in [0.05, 0.1) is 10.6 Å². The Morgan fingerprint density at radius 2 is 1.70 bits per heavy atom. The summed E-state index contributed by atoms with van der Waals surface area (Å²) < 4.78 is 53.2. The molecule has 0 saturated heterocycles. The summed E-state index contributed by atoms with van der Waals surface area (Å²) in [4.78, 5) is -0.0835. The number of sulfonamides is 1. The minimum absolute atomic E-state index is 0.0835. The normalized spacial score (nSPS) is 11.4. The largest absolute Gasteiger partial charge is 0.277 e. The van der Waals surface area contributed by atoms with Crippen molar-refractivity contribution in [2.45, 2.75) is 18.7 Å². The Bertz CT molecular complexity index is 758. The van der Waals surface area contributed by atoms with Crippen LogP contribution in [0.25, 0.3) is 0 Å². The average molecular weight is 297 g/mol. The fraction of sp³-hybridized carbons (Fsp3) is 0.143. The molecule has 0 saturated carbocycles. The highest BCUT2D eigenvalue weighted by Crippen LogP contribution is 2.22. The Hall–Kier alpha value is -1.95. The van der Waals surface area contributed by atoms with Crippen molar-refractivity contribution in [2.75, 3.05) is 4.72 Å². The molecule has 0 spiro atoms. The minimum atomic E-state index is -3.96. The highest BCUT2D eigenvalue weighted by molar-refractivity contribution is 7.92. The van der Waals surface area contributed by atoms with E-state index in [2.05, 4.69) is 4.72 Å². The van der Waals surface area contributed by atoms with E-state index in [1.165, 1.54) is 25.1 Å². The van der Waals surface area contributed by atoms with E-state index in [0.29, 0.717) is 0 Å². The molecule has 0 unspecified atom stereocenters. The van der Waals surface area contributed by atoms with Crippen molar-refractivity contribution in [3.05, 3.63) is 59.2 Å². The first-order valence-corrected chi connectivity index (χ1v) is 7.33. The minimum Gasteiger partial charge on any atom is -0.277 e. The maximum atomic E-state index is 13.6. The zero-order valence-electron chi connectivity index (χ0n) is 10.9. The molecule has 0 amide bonds. The summed E-state index contributed by atoms with van der Waals surface area (Å²) in [5.41, 5.74) is 0.846. The molecule has 20 heavy (non-hydrogen) atoms.